The van der Waals surface area contributed by atoms with Gasteiger partial charge in [-0.1, -0.05) is 24.3 Å². The number of rotatable bonds is 13. The number of amides is 2. The third-order valence-corrected chi connectivity index (χ3v) is 7.92. The Labute approximate surface area is 246 Å². The zero-order valence-corrected chi connectivity index (χ0v) is 24.0. The molecule has 2 aliphatic heterocycles. The molecule has 0 spiro atoms. The third-order valence-electron chi connectivity index (χ3n) is 7.92. The largest absolute Gasteiger partial charge is 0.491 e. The van der Waals surface area contributed by atoms with Crippen molar-refractivity contribution in [3.05, 3.63) is 59.4 Å². The molecule has 2 atom stereocenters. The number of aliphatic carboxylic acids is 1. The van der Waals surface area contributed by atoms with Gasteiger partial charge in [-0.3, -0.25) is 19.4 Å². The van der Waals surface area contributed by atoms with Crippen LogP contribution in [0.25, 0.3) is 12.2 Å². The van der Waals surface area contributed by atoms with Crippen LogP contribution in [0, 0.1) is 11.8 Å². The molecule has 0 saturated carbocycles. The molecule has 4 rings (SSSR count). The van der Waals surface area contributed by atoms with Crippen molar-refractivity contribution in [2.45, 2.75) is 51.0 Å². The van der Waals surface area contributed by atoms with E-state index in [2.05, 4.69) is 15.6 Å². The van der Waals surface area contributed by atoms with E-state index >= 15 is 0 Å². The quantitative estimate of drug-likeness (QED) is 0.324. The Bertz CT molecular complexity index is 1230. The van der Waals surface area contributed by atoms with Crippen LogP contribution in [-0.4, -0.2) is 72.2 Å². The van der Waals surface area contributed by atoms with Crippen LogP contribution >= 0.6 is 0 Å². The topological polar surface area (TPSA) is 121 Å². The summed E-state index contributed by atoms with van der Waals surface area (Å²) in [4.78, 5) is 44.0. The third kappa shape index (κ3) is 9.65. The highest BCUT2D eigenvalue weighted by atomic mass is 19.1. The van der Waals surface area contributed by atoms with Crippen LogP contribution in [0.1, 0.15) is 67.7 Å². The first kappa shape index (κ1) is 31.2. The molecule has 2 aromatic rings. The summed E-state index contributed by atoms with van der Waals surface area (Å²) in [6.45, 7) is 2.43. The molecule has 42 heavy (non-hydrogen) atoms. The second-order valence-electron chi connectivity index (χ2n) is 11.1. The maximum Gasteiger partial charge on any atom is 0.305 e. The molecule has 0 bridgehead atoms. The van der Waals surface area contributed by atoms with Gasteiger partial charge in [-0.05, 0) is 86.0 Å². The summed E-state index contributed by atoms with van der Waals surface area (Å²) in [5.74, 6) is -0.442. The van der Waals surface area contributed by atoms with Gasteiger partial charge in [0.05, 0.1) is 18.4 Å². The number of carboxylic acid groups (broad SMARTS) is 1. The van der Waals surface area contributed by atoms with Gasteiger partial charge in [0.25, 0.3) is 0 Å². The highest BCUT2D eigenvalue weighted by Gasteiger charge is 2.30. The molecule has 0 aliphatic carbocycles. The Morgan fingerprint density at radius 1 is 1.14 bits per heavy atom. The SMILES string of the molecule is O=C(O)C[C@H](NC(=O)[C@@H]1CCCN(C(=O)CCC2CCNCC2)C1)c1cncc(/C=C\c2cccc(OCCF)c2)c1. The van der Waals surface area contributed by atoms with E-state index in [-0.39, 0.29) is 30.8 Å². The number of carbonyl (C=O) groups is 3. The number of likely N-dealkylation sites (tertiary alicyclic amines) is 1. The summed E-state index contributed by atoms with van der Waals surface area (Å²) >= 11 is 0. The van der Waals surface area contributed by atoms with E-state index in [1.54, 1.807) is 35.5 Å². The van der Waals surface area contributed by atoms with Crippen LogP contribution in [0.4, 0.5) is 4.39 Å². The van der Waals surface area contributed by atoms with Gasteiger partial charge in [-0.25, -0.2) is 4.39 Å². The number of hydrogen-bond donors (Lipinski definition) is 3. The fourth-order valence-corrected chi connectivity index (χ4v) is 5.61. The number of carbonyl (C=O) groups excluding carboxylic acids is 2. The average molecular weight is 581 g/mol. The zero-order chi connectivity index (χ0) is 29.7. The van der Waals surface area contributed by atoms with Crippen LogP contribution in [-0.2, 0) is 14.4 Å². The zero-order valence-electron chi connectivity index (χ0n) is 24.0. The molecule has 226 valence electrons. The van der Waals surface area contributed by atoms with E-state index in [9.17, 15) is 23.9 Å². The van der Waals surface area contributed by atoms with Crippen molar-refractivity contribution in [2.75, 3.05) is 39.5 Å². The fraction of sp³-hybridized carbons (Fsp3) is 0.500. The molecule has 0 unspecified atom stereocenters. The van der Waals surface area contributed by atoms with Gasteiger partial charge >= 0.3 is 5.97 Å². The Kier molecular flexibility index (Phi) is 11.9. The number of ether oxygens (including phenoxy) is 1. The van der Waals surface area contributed by atoms with Crippen LogP contribution in [0.15, 0.2) is 42.7 Å². The normalized spacial score (nSPS) is 18.5. The summed E-state index contributed by atoms with van der Waals surface area (Å²) in [5, 5.41) is 15.9. The monoisotopic (exact) mass is 580 g/mol. The Balaban J connectivity index is 1.37. The first-order chi connectivity index (χ1) is 20.4. The van der Waals surface area contributed by atoms with Crippen molar-refractivity contribution < 1.29 is 28.6 Å². The highest BCUT2D eigenvalue weighted by Crippen LogP contribution is 2.24. The molecule has 3 N–H and O–H groups in total. The Hall–Kier alpha value is -3.79. The van der Waals surface area contributed by atoms with Crippen LogP contribution in [0.5, 0.6) is 5.75 Å². The summed E-state index contributed by atoms with van der Waals surface area (Å²) in [7, 11) is 0. The van der Waals surface area contributed by atoms with Gasteiger partial charge in [0.2, 0.25) is 11.8 Å². The number of benzene rings is 1. The lowest BCUT2D eigenvalue weighted by atomic mass is 9.92. The average Bonchev–Trinajstić information content (AvgIpc) is 3.02. The van der Waals surface area contributed by atoms with Crippen molar-refractivity contribution >= 4 is 29.9 Å². The molecule has 10 heteroatoms. The number of halogens is 1. The molecule has 9 nitrogen and oxygen atoms in total. The minimum atomic E-state index is -1.04. The molecule has 2 fully saturated rings. The molecule has 1 aromatic carbocycles. The van der Waals surface area contributed by atoms with Gasteiger partial charge in [0, 0.05) is 31.9 Å². The number of aromatic nitrogens is 1. The summed E-state index contributed by atoms with van der Waals surface area (Å²) in [6.07, 6.45) is 11.6. The molecule has 2 amide bonds. The predicted octanol–water partition coefficient (Wildman–Crippen LogP) is 4.25. The lowest BCUT2D eigenvalue weighted by molar-refractivity contribution is -0.138. The first-order valence-electron chi connectivity index (χ1n) is 14.8. The first-order valence-corrected chi connectivity index (χ1v) is 14.8. The second kappa shape index (κ2) is 16.0. The number of hydrogen-bond acceptors (Lipinski definition) is 6. The van der Waals surface area contributed by atoms with Crippen LogP contribution < -0.4 is 15.4 Å². The van der Waals surface area contributed by atoms with Crippen molar-refractivity contribution in [3.8, 4) is 5.75 Å². The van der Waals surface area contributed by atoms with E-state index in [1.807, 2.05) is 24.3 Å². The number of piperidine rings is 2. The number of pyridine rings is 1. The maximum absolute atomic E-state index is 13.3. The van der Waals surface area contributed by atoms with Crippen LogP contribution in [0.3, 0.4) is 0 Å². The summed E-state index contributed by atoms with van der Waals surface area (Å²) in [6, 6.07) is 8.29. The fourth-order valence-electron chi connectivity index (χ4n) is 5.61. The predicted molar refractivity (Wildman–Crippen MR) is 158 cm³/mol. The van der Waals surface area contributed by atoms with Gasteiger partial charge in [0.15, 0.2) is 0 Å². The second-order valence-corrected chi connectivity index (χ2v) is 11.1. The molecular weight excluding hydrogens is 539 g/mol. The minimum absolute atomic E-state index is 0.0104. The standard InChI is InChI=1S/C32H41FN4O5/c33-12-16-42-28-5-1-3-24(18-28)6-7-25-17-27(21-35-20-25)29(19-31(39)40)36-32(41)26-4-2-15-37(22-26)30(38)9-8-23-10-13-34-14-11-23/h1,3,5-7,17-18,20-21,23,26,29,34H,2,4,8-16,19,22H2,(H,36,41)(H,39,40)/b7-6-/t26-,29+/m1/s1. The van der Waals surface area contributed by atoms with Gasteiger partial charge in [0.1, 0.15) is 19.0 Å². The molecule has 3 heterocycles. The van der Waals surface area contributed by atoms with Crippen molar-refractivity contribution in [2.24, 2.45) is 11.8 Å². The Morgan fingerprint density at radius 2 is 1.95 bits per heavy atom. The van der Waals surface area contributed by atoms with E-state index in [4.69, 9.17) is 4.74 Å². The molecule has 2 saturated heterocycles. The lowest BCUT2D eigenvalue weighted by Gasteiger charge is -2.33. The number of carboxylic acids is 1. The van der Waals surface area contributed by atoms with Crippen molar-refractivity contribution in [1.82, 2.24) is 20.5 Å². The van der Waals surface area contributed by atoms with Crippen molar-refractivity contribution in [1.29, 1.82) is 0 Å². The minimum Gasteiger partial charge on any atom is -0.491 e. The molecular formula is C32H41FN4O5. The van der Waals surface area contributed by atoms with Crippen LogP contribution in [0.2, 0.25) is 0 Å². The lowest BCUT2D eigenvalue weighted by Crippen LogP contribution is -2.46. The molecule has 1 aromatic heterocycles. The van der Waals surface area contributed by atoms with E-state index < -0.39 is 18.7 Å². The Morgan fingerprint density at radius 3 is 2.74 bits per heavy atom. The molecule has 0 radical (unpaired) electrons. The van der Waals surface area contributed by atoms with Crippen molar-refractivity contribution in [3.63, 3.8) is 0 Å². The summed E-state index contributed by atoms with van der Waals surface area (Å²) < 4.78 is 17.8. The van der Waals surface area contributed by atoms with E-state index in [0.29, 0.717) is 43.2 Å². The number of nitrogens with zero attached hydrogens (tertiary/aromatic N) is 2. The smallest absolute Gasteiger partial charge is 0.305 e. The van der Waals surface area contributed by atoms with Gasteiger partial charge in [-0.15, -0.1) is 0 Å². The van der Waals surface area contributed by atoms with E-state index in [0.717, 1.165) is 49.9 Å². The number of nitrogens with one attached hydrogen (secondary N) is 2. The summed E-state index contributed by atoms with van der Waals surface area (Å²) in [5.41, 5.74) is 2.16. The highest BCUT2D eigenvalue weighted by molar-refractivity contribution is 5.82. The maximum atomic E-state index is 13.3. The number of alkyl halides is 1. The van der Waals surface area contributed by atoms with E-state index in [1.165, 1.54) is 0 Å². The van der Waals surface area contributed by atoms with Gasteiger partial charge in [-0.2, -0.15) is 0 Å². The van der Waals surface area contributed by atoms with Gasteiger partial charge < -0.3 is 25.4 Å². The molecule has 2 aliphatic rings.